The maximum atomic E-state index is 12.4. The molecule has 0 aromatic rings. The summed E-state index contributed by atoms with van der Waals surface area (Å²) in [5.41, 5.74) is 0. The minimum absolute atomic E-state index is 0.411. The van der Waals surface area contributed by atoms with E-state index in [1.54, 1.807) is 21.9 Å². The summed E-state index contributed by atoms with van der Waals surface area (Å²) in [6, 6.07) is 3.37. The van der Waals surface area contributed by atoms with Gasteiger partial charge in [-0.25, -0.2) is 8.42 Å². The van der Waals surface area contributed by atoms with Gasteiger partial charge in [-0.2, -0.15) is 10.5 Å². The van der Waals surface area contributed by atoms with Crippen molar-refractivity contribution in [3.8, 4) is 12.1 Å². The van der Waals surface area contributed by atoms with Gasteiger partial charge in [0.1, 0.15) is 12.1 Å². The molecule has 0 aromatic heterocycles. The highest BCUT2D eigenvalue weighted by atomic mass is 32.2. The third-order valence-corrected chi connectivity index (χ3v) is 4.58. The molecule has 0 atom stereocenters. The Morgan fingerprint density at radius 1 is 0.857 bits per heavy atom. The van der Waals surface area contributed by atoms with E-state index in [2.05, 4.69) is 0 Å². The highest BCUT2D eigenvalue weighted by Crippen LogP contribution is 2.18. The molecule has 0 unspecified atom stereocenters. The molecular weight excluding hydrogens is 288 g/mol. The molecule has 0 aliphatic rings. The summed E-state index contributed by atoms with van der Waals surface area (Å²) in [7, 11) is -4.08. The largest absolute Gasteiger partial charge is 0.376 e. The fourth-order valence-electron chi connectivity index (χ4n) is 1.58. The summed E-state index contributed by atoms with van der Waals surface area (Å²) in [4.78, 5) is 2.57. The van der Waals surface area contributed by atoms with Crippen LogP contribution in [-0.4, -0.2) is 44.4 Å². The number of hydrogen-bond donors (Lipinski definition) is 0. The zero-order chi connectivity index (χ0) is 16.5. The van der Waals surface area contributed by atoms with Crippen LogP contribution in [0.15, 0.2) is 22.2 Å². The lowest BCUT2D eigenvalue weighted by molar-refractivity contribution is 0.417. The molecule has 21 heavy (non-hydrogen) atoms. The van der Waals surface area contributed by atoms with Gasteiger partial charge in [-0.15, -0.1) is 0 Å². The molecule has 0 aromatic carbocycles. The van der Waals surface area contributed by atoms with Gasteiger partial charge in [0, 0.05) is 38.6 Å². The standard InChI is InChI=1S/C14H22N4O2S/c1-5-17(6-2)11-13(9-15)21(19,20)14(10-16)12-18(7-3)8-4/h11-12H,5-8H2,1-4H3. The maximum absolute atomic E-state index is 12.4. The molecule has 0 fully saturated rings. The molecule has 0 aliphatic heterocycles. The van der Waals surface area contributed by atoms with Crippen LogP contribution in [0.2, 0.25) is 0 Å². The average molecular weight is 310 g/mol. The minimum Gasteiger partial charge on any atom is -0.376 e. The Morgan fingerprint density at radius 2 is 1.14 bits per heavy atom. The number of allylic oxidation sites excluding steroid dienone is 2. The van der Waals surface area contributed by atoms with Gasteiger partial charge in [0.25, 0.3) is 0 Å². The second kappa shape index (κ2) is 9.04. The molecule has 6 nitrogen and oxygen atoms in total. The topological polar surface area (TPSA) is 88.2 Å². The van der Waals surface area contributed by atoms with E-state index in [1.807, 2.05) is 27.7 Å². The van der Waals surface area contributed by atoms with Crippen LogP contribution in [0.4, 0.5) is 0 Å². The van der Waals surface area contributed by atoms with Crippen LogP contribution in [-0.2, 0) is 9.84 Å². The average Bonchev–Trinajstić information content (AvgIpc) is 2.49. The van der Waals surface area contributed by atoms with Crippen molar-refractivity contribution in [1.29, 1.82) is 10.5 Å². The van der Waals surface area contributed by atoms with Crippen molar-refractivity contribution in [2.45, 2.75) is 27.7 Å². The van der Waals surface area contributed by atoms with Crippen molar-refractivity contribution in [2.75, 3.05) is 26.2 Å². The fraction of sp³-hybridized carbons (Fsp3) is 0.571. The Balaban J connectivity index is 5.82. The van der Waals surface area contributed by atoms with E-state index in [1.165, 1.54) is 12.4 Å². The summed E-state index contributed by atoms with van der Waals surface area (Å²) in [5.74, 6) is 0. The molecule has 0 heterocycles. The van der Waals surface area contributed by atoms with E-state index in [4.69, 9.17) is 10.5 Å². The zero-order valence-corrected chi connectivity index (χ0v) is 13.8. The summed E-state index contributed by atoms with van der Waals surface area (Å²) < 4.78 is 24.8. The third kappa shape index (κ3) is 5.13. The van der Waals surface area contributed by atoms with Crippen molar-refractivity contribution in [3.05, 3.63) is 22.2 Å². The van der Waals surface area contributed by atoms with Gasteiger partial charge >= 0.3 is 0 Å². The molecule has 0 spiro atoms. The van der Waals surface area contributed by atoms with Gasteiger partial charge < -0.3 is 9.80 Å². The Morgan fingerprint density at radius 3 is 1.33 bits per heavy atom. The van der Waals surface area contributed by atoms with E-state index >= 15 is 0 Å². The van der Waals surface area contributed by atoms with Crippen LogP contribution in [0.25, 0.3) is 0 Å². The molecule has 0 saturated carbocycles. The van der Waals surface area contributed by atoms with Crippen LogP contribution in [0.5, 0.6) is 0 Å². The lowest BCUT2D eigenvalue weighted by Gasteiger charge is -2.17. The zero-order valence-electron chi connectivity index (χ0n) is 13.0. The molecule has 0 saturated heterocycles. The van der Waals surface area contributed by atoms with E-state index in [0.29, 0.717) is 26.2 Å². The van der Waals surface area contributed by atoms with Crippen LogP contribution < -0.4 is 0 Å². The summed E-state index contributed by atoms with van der Waals surface area (Å²) >= 11 is 0. The summed E-state index contributed by atoms with van der Waals surface area (Å²) in [6.45, 7) is 9.77. The molecule has 0 N–H and O–H groups in total. The maximum Gasteiger partial charge on any atom is 0.229 e. The Hall–Kier alpha value is -1.99. The summed E-state index contributed by atoms with van der Waals surface area (Å²) in [6.07, 6.45) is 2.59. The van der Waals surface area contributed by atoms with Gasteiger partial charge in [0.15, 0.2) is 9.81 Å². The van der Waals surface area contributed by atoms with Crippen LogP contribution in [0.3, 0.4) is 0 Å². The van der Waals surface area contributed by atoms with Gasteiger partial charge in [-0.05, 0) is 27.7 Å². The predicted octanol–water partition coefficient (Wildman–Crippen LogP) is 1.81. The first-order chi connectivity index (χ1) is 9.90. The van der Waals surface area contributed by atoms with Crippen molar-refractivity contribution >= 4 is 9.84 Å². The minimum atomic E-state index is -4.08. The summed E-state index contributed by atoms with van der Waals surface area (Å²) in [5, 5.41) is 18.2. The lowest BCUT2D eigenvalue weighted by atomic mass is 10.5. The van der Waals surface area contributed by atoms with E-state index < -0.39 is 19.6 Å². The molecular formula is C14H22N4O2S. The third-order valence-electron chi connectivity index (χ3n) is 3.02. The van der Waals surface area contributed by atoms with Crippen molar-refractivity contribution in [1.82, 2.24) is 9.80 Å². The van der Waals surface area contributed by atoms with Gasteiger partial charge in [-0.1, -0.05) is 0 Å². The van der Waals surface area contributed by atoms with E-state index in [0.717, 1.165) is 0 Å². The Labute approximate surface area is 127 Å². The molecule has 0 amide bonds. The van der Waals surface area contributed by atoms with Crippen molar-refractivity contribution in [3.63, 3.8) is 0 Å². The lowest BCUT2D eigenvalue weighted by Crippen LogP contribution is -2.20. The molecule has 0 rings (SSSR count). The second-order valence-electron chi connectivity index (χ2n) is 4.16. The first-order valence-electron chi connectivity index (χ1n) is 6.88. The van der Waals surface area contributed by atoms with Crippen molar-refractivity contribution < 1.29 is 8.42 Å². The predicted molar refractivity (Wildman–Crippen MR) is 82.2 cm³/mol. The van der Waals surface area contributed by atoms with E-state index in [9.17, 15) is 8.42 Å². The smallest absolute Gasteiger partial charge is 0.229 e. The second-order valence-corrected chi connectivity index (χ2v) is 6.04. The molecule has 0 aliphatic carbocycles. The highest BCUT2D eigenvalue weighted by Gasteiger charge is 2.25. The van der Waals surface area contributed by atoms with Gasteiger partial charge in [-0.3, -0.25) is 0 Å². The number of sulfone groups is 1. The first kappa shape index (κ1) is 19.0. The highest BCUT2D eigenvalue weighted by molar-refractivity contribution is 7.99. The number of hydrogen-bond acceptors (Lipinski definition) is 6. The van der Waals surface area contributed by atoms with Crippen LogP contribution in [0.1, 0.15) is 27.7 Å². The normalized spacial score (nSPS) is 12.5. The van der Waals surface area contributed by atoms with Gasteiger partial charge in [0.2, 0.25) is 9.84 Å². The van der Waals surface area contributed by atoms with Gasteiger partial charge in [0.05, 0.1) is 0 Å². The van der Waals surface area contributed by atoms with Crippen LogP contribution >= 0.6 is 0 Å². The molecule has 0 radical (unpaired) electrons. The molecule has 0 bridgehead atoms. The van der Waals surface area contributed by atoms with E-state index in [-0.39, 0.29) is 0 Å². The quantitative estimate of drug-likeness (QED) is 0.635. The number of nitrogens with zero attached hydrogens (tertiary/aromatic N) is 4. The Bertz CT molecular complexity index is 525. The molecule has 7 heteroatoms. The molecule has 116 valence electrons. The number of rotatable bonds is 8. The number of nitriles is 2. The Kier molecular flexibility index (Phi) is 8.18. The van der Waals surface area contributed by atoms with Crippen molar-refractivity contribution in [2.24, 2.45) is 0 Å². The SMILES string of the molecule is CCN(C=C(C#N)S(=O)(=O)C(C#N)=CN(CC)CC)CC. The fourth-order valence-corrected chi connectivity index (χ4v) is 2.63. The monoisotopic (exact) mass is 310 g/mol. The van der Waals surface area contributed by atoms with Crippen LogP contribution in [0, 0.1) is 22.7 Å². The first-order valence-corrected chi connectivity index (χ1v) is 8.36.